The first kappa shape index (κ1) is 11.1. The molecule has 0 aliphatic heterocycles. The van der Waals surface area contributed by atoms with E-state index < -0.39 is 0 Å². The molecular weight excluding hydrogens is 273 g/mol. The van der Waals surface area contributed by atoms with E-state index in [1.54, 1.807) is 25.1 Å². The van der Waals surface area contributed by atoms with E-state index in [9.17, 15) is 9.18 Å². The van der Waals surface area contributed by atoms with Crippen molar-refractivity contribution in [2.75, 3.05) is 0 Å². The fourth-order valence-corrected chi connectivity index (χ4v) is 2.13. The Hall–Kier alpha value is -1.42. The smallest absolute Gasteiger partial charge is 0.251 e. The first-order valence-corrected chi connectivity index (χ1v) is 5.52. The number of aromatic nitrogens is 1. The first-order chi connectivity index (χ1) is 7.58. The molecule has 0 radical (unpaired) electrons. The molecule has 82 valence electrons. The Bertz CT molecular complexity index is 592. The van der Waals surface area contributed by atoms with Crippen molar-refractivity contribution in [2.45, 2.75) is 6.92 Å². The lowest BCUT2D eigenvalue weighted by atomic mass is 10.1. The van der Waals surface area contributed by atoms with Crippen molar-refractivity contribution in [3.8, 4) is 11.3 Å². The molecule has 2 aromatic rings. The molecule has 0 amide bonds. The summed E-state index contributed by atoms with van der Waals surface area (Å²) in [6, 6.07) is 7.82. The molecule has 1 aromatic carbocycles. The Labute approximate surface area is 100 Å². The van der Waals surface area contributed by atoms with Crippen LogP contribution in [0.25, 0.3) is 11.3 Å². The number of pyridine rings is 1. The van der Waals surface area contributed by atoms with Gasteiger partial charge in [0.25, 0.3) is 5.56 Å². The summed E-state index contributed by atoms with van der Waals surface area (Å²) in [5.41, 5.74) is 1.69. The van der Waals surface area contributed by atoms with E-state index in [2.05, 4.69) is 20.9 Å². The van der Waals surface area contributed by atoms with Gasteiger partial charge in [-0.3, -0.25) is 4.79 Å². The van der Waals surface area contributed by atoms with Gasteiger partial charge in [0.05, 0.1) is 5.69 Å². The van der Waals surface area contributed by atoms with E-state index in [-0.39, 0.29) is 11.4 Å². The van der Waals surface area contributed by atoms with E-state index in [4.69, 9.17) is 0 Å². The zero-order valence-corrected chi connectivity index (χ0v) is 10.1. The van der Waals surface area contributed by atoms with Gasteiger partial charge in [-0.05, 0) is 41.1 Å². The van der Waals surface area contributed by atoms with Crippen LogP contribution in [0.15, 0.2) is 39.6 Å². The van der Waals surface area contributed by atoms with Crippen LogP contribution in [0.2, 0.25) is 0 Å². The summed E-state index contributed by atoms with van der Waals surface area (Å²) in [6.45, 7) is 1.72. The average molecular weight is 282 g/mol. The average Bonchev–Trinajstić information content (AvgIpc) is 2.23. The highest BCUT2D eigenvalue weighted by Crippen LogP contribution is 2.25. The highest BCUT2D eigenvalue weighted by Gasteiger charge is 2.06. The molecule has 0 unspecified atom stereocenters. The van der Waals surface area contributed by atoms with Crippen molar-refractivity contribution in [3.63, 3.8) is 0 Å². The third-order valence-electron chi connectivity index (χ3n) is 2.29. The SMILES string of the molecule is Cc1cc(Br)c(-c2cccc(F)c2)[nH]c1=O. The van der Waals surface area contributed by atoms with Crippen molar-refractivity contribution in [1.82, 2.24) is 4.98 Å². The lowest BCUT2D eigenvalue weighted by Crippen LogP contribution is -2.10. The third kappa shape index (κ3) is 2.07. The maximum Gasteiger partial charge on any atom is 0.251 e. The molecule has 0 aliphatic carbocycles. The second-order valence-electron chi connectivity index (χ2n) is 3.51. The number of benzene rings is 1. The predicted octanol–water partition coefficient (Wildman–Crippen LogP) is 3.25. The van der Waals surface area contributed by atoms with E-state index in [0.717, 1.165) is 4.47 Å². The topological polar surface area (TPSA) is 32.9 Å². The molecule has 1 aromatic heterocycles. The van der Waals surface area contributed by atoms with E-state index >= 15 is 0 Å². The number of aryl methyl sites for hydroxylation is 1. The van der Waals surface area contributed by atoms with Crippen molar-refractivity contribution in [1.29, 1.82) is 0 Å². The number of hydrogen-bond donors (Lipinski definition) is 1. The quantitative estimate of drug-likeness (QED) is 0.855. The van der Waals surface area contributed by atoms with Crippen molar-refractivity contribution in [2.24, 2.45) is 0 Å². The van der Waals surface area contributed by atoms with Gasteiger partial charge in [-0.1, -0.05) is 12.1 Å². The highest BCUT2D eigenvalue weighted by molar-refractivity contribution is 9.10. The van der Waals surface area contributed by atoms with Gasteiger partial charge < -0.3 is 4.98 Å². The molecule has 0 saturated heterocycles. The Kier molecular flexibility index (Phi) is 2.92. The molecular formula is C12H9BrFNO. The summed E-state index contributed by atoms with van der Waals surface area (Å²) in [5, 5.41) is 0. The monoisotopic (exact) mass is 281 g/mol. The summed E-state index contributed by atoms with van der Waals surface area (Å²) in [4.78, 5) is 14.2. The van der Waals surface area contributed by atoms with Gasteiger partial charge in [-0.2, -0.15) is 0 Å². The summed E-state index contributed by atoms with van der Waals surface area (Å²) in [7, 11) is 0. The van der Waals surface area contributed by atoms with E-state index in [1.807, 2.05) is 0 Å². The molecule has 0 aliphatic rings. The second kappa shape index (κ2) is 4.22. The molecule has 0 spiro atoms. The maximum absolute atomic E-state index is 13.1. The van der Waals surface area contributed by atoms with Gasteiger partial charge in [-0.25, -0.2) is 4.39 Å². The number of hydrogen-bond acceptors (Lipinski definition) is 1. The lowest BCUT2D eigenvalue weighted by molar-refractivity contribution is 0.628. The summed E-state index contributed by atoms with van der Waals surface area (Å²) in [6.07, 6.45) is 0. The van der Waals surface area contributed by atoms with Crippen molar-refractivity contribution in [3.05, 3.63) is 56.5 Å². The number of aromatic amines is 1. The zero-order chi connectivity index (χ0) is 11.7. The van der Waals surface area contributed by atoms with Crippen LogP contribution in [0.4, 0.5) is 4.39 Å². The van der Waals surface area contributed by atoms with Gasteiger partial charge in [0.1, 0.15) is 5.82 Å². The fourth-order valence-electron chi connectivity index (χ4n) is 1.45. The van der Waals surface area contributed by atoms with E-state index in [1.165, 1.54) is 12.1 Å². The van der Waals surface area contributed by atoms with Gasteiger partial charge in [0, 0.05) is 15.6 Å². The molecule has 0 atom stereocenters. The minimum atomic E-state index is -0.328. The molecule has 0 bridgehead atoms. The van der Waals surface area contributed by atoms with Crippen LogP contribution < -0.4 is 5.56 Å². The van der Waals surface area contributed by atoms with Crippen LogP contribution in [-0.4, -0.2) is 4.98 Å². The standard InChI is InChI=1S/C12H9BrFNO/c1-7-5-10(13)11(15-12(7)16)8-3-2-4-9(14)6-8/h2-6H,1H3,(H,15,16). The van der Waals surface area contributed by atoms with Gasteiger partial charge >= 0.3 is 0 Å². The Morgan fingerprint density at radius 3 is 2.75 bits per heavy atom. The number of rotatable bonds is 1. The normalized spacial score (nSPS) is 10.4. The molecule has 1 N–H and O–H groups in total. The van der Waals surface area contributed by atoms with Gasteiger partial charge in [-0.15, -0.1) is 0 Å². The molecule has 0 saturated carbocycles. The molecule has 2 nitrogen and oxygen atoms in total. The summed E-state index contributed by atoms with van der Waals surface area (Å²) in [5.74, 6) is -0.328. The van der Waals surface area contributed by atoms with Crippen LogP contribution in [0, 0.1) is 12.7 Å². The lowest BCUT2D eigenvalue weighted by Gasteiger charge is -2.05. The van der Waals surface area contributed by atoms with Crippen LogP contribution in [0.3, 0.4) is 0 Å². The number of H-pyrrole nitrogens is 1. The van der Waals surface area contributed by atoms with Crippen LogP contribution in [-0.2, 0) is 0 Å². The number of nitrogens with one attached hydrogen (secondary N) is 1. The van der Waals surface area contributed by atoms with Gasteiger partial charge in [0.15, 0.2) is 0 Å². The van der Waals surface area contributed by atoms with Crippen LogP contribution in [0.5, 0.6) is 0 Å². The van der Waals surface area contributed by atoms with Gasteiger partial charge in [0.2, 0.25) is 0 Å². The Balaban J connectivity index is 2.65. The highest BCUT2D eigenvalue weighted by atomic mass is 79.9. The summed E-state index contributed by atoms with van der Waals surface area (Å²) < 4.78 is 13.8. The first-order valence-electron chi connectivity index (χ1n) is 4.73. The van der Waals surface area contributed by atoms with Crippen molar-refractivity contribution >= 4 is 15.9 Å². The van der Waals surface area contributed by atoms with Crippen molar-refractivity contribution < 1.29 is 4.39 Å². The zero-order valence-electron chi connectivity index (χ0n) is 8.55. The molecule has 0 fully saturated rings. The molecule has 16 heavy (non-hydrogen) atoms. The molecule has 4 heteroatoms. The van der Waals surface area contributed by atoms with Crippen LogP contribution >= 0.6 is 15.9 Å². The van der Waals surface area contributed by atoms with Crippen LogP contribution in [0.1, 0.15) is 5.56 Å². The minimum Gasteiger partial charge on any atom is -0.321 e. The minimum absolute atomic E-state index is 0.164. The predicted molar refractivity (Wildman–Crippen MR) is 64.9 cm³/mol. The fraction of sp³-hybridized carbons (Fsp3) is 0.0833. The largest absolute Gasteiger partial charge is 0.321 e. The molecule has 2 rings (SSSR count). The van der Waals surface area contributed by atoms with E-state index in [0.29, 0.717) is 16.8 Å². The number of halogens is 2. The Morgan fingerprint density at radius 1 is 1.31 bits per heavy atom. The summed E-state index contributed by atoms with van der Waals surface area (Å²) >= 11 is 3.35. The third-order valence-corrected chi connectivity index (χ3v) is 2.92. The second-order valence-corrected chi connectivity index (χ2v) is 4.37. The Morgan fingerprint density at radius 2 is 2.06 bits per heavy atom. The molecule has 1 heterocycles. The maximum atomic E-state index is 13.1.